The van der Waals surface area contributed by atoms with Gasteiger partial charge < -0.3 is 5.32 Å². The minimum atomic E-state index is -0.200. The van der Waals surface area contributed by atoms with Crippen molar-refractivity contribution in [1.29, 1.82) is 0 Å². The third kappa shape index (κ3) is 2.71. The molecule has 3 rings (SSSR count). The van der Waals surface area contributed by atoms with E-state index in [2.05, 4.69) is 25.9 Å². The highest BCUT2D eigenvalue weighted by Gasteiger charge is 2.11. The molecule has 0 radical (unpaired) electrons. The number of tetrazole rings is 1. The SMILES string of the molecule is CCn1cc(NC(=O)c2cccc(-n3cnnn3)c2)c(C)n1. The largest absolute Gasteiger partial charge is 0.319 e. The lowest BCUT2D eigenvalue weighted by atomic mass is 10.2. The van der Waals surface area contributed by atoms with Gasteiger partial charge in [0.1, 0.15) is 6.33 Å². The van der Waals surface area contributed by atoms with E-state index in [0.717, 1.165) is 17.9 Å². The number of carbonyl (C=O) groups excluding carboxylic acids is 1. The molecular formula is C14H15N7O. The monoisotopic (exact) mass is 297 g/mol. The van der Waals surface area contributed by atoms with Gasteiger partial charge in [-0.2, -0.15) is 5.10 Å². The Labute approximate surface area is 126 Å². The van der Waals surface area contributed by atoms with Gasteiger partial charge in [0.15, 0.2) is 0 Å². The maximum atomic E-state index is 12.4. The Morgan fingerprint density at radius 2 is 2.23 bits per heavy atom. The number of anilines is 1. The lowest BCUT2D eigenvalue weighted by Gasteiger charge is -2.05. The lowest BCUT2D eigenvalue weighted by molar-refractivity contribution is 0.102. The van der Waals surface area contributed by atoms with Crippen molar-refractivity contribution in [2.24, 2.45) is 0 Å². The summed E-state index contributed by atoms with van der Waals surface area (Å²) in [4.78, 5) is 12.4. The summed E-state index contributed by atoms with van der Waals surface area (Å²) in [6, 6.07) is 7.08. The van der Waals surface area contributed by atoms with Crippen LogP contribution in [0.5, 0.6) is 0 Å². The predicted molar refractivity (Wildman–Crippen MR) is 79.7 cm³/mol. The van der Waals surface area contributed by atoms with Gasteiger partial charge in [-0.3, -0.25) is 9.48 Å². The molecule has 0 fully saturated rings. The smallest absolute Gasteiger partial charge is 0.255 e. The molecule has 0 aliphatic heterocycles. The van der Waals surface area contributed by atoms with Crippen molar-refractivity contribution in [1.82, 2.24) is 30.0 Å². The molecule has 1 aromatic carbocycles. The first-order valence-electron chi connectivity index (χ1n) is 6.86. The van der Waals surface area contributed by atoms with Crippen LogP contribution in [0.15, 0.2) is 36.8 Å². The molecule has 0 atom stereocenters. The average molecular weight is 297 g/mol. The van der Waals surface area contributed by atoms with Gasteiger partial charge in [-0.1, -0.05) is 6.07 Å². The van der Waals surface area contributed by atoms with Gasteiger partial charge in [-0.25, -0.2) is 4.68 Å². The molecular weight excluding hydrogens is 282 g/mol. The Morgan fingerprint density at radius 3 is 2.91 bits per heavy atom. The quantitative estimate of drug-likeness (QED) is 0.787. The first-order chi connectivity index (χ1) is 10.7. The molecule has 0 saturated carbocycles. The van der Waals surface area contributed by atoms with Gasteiger partial charge in [0.25, 0.3) is 5.91 Å². The van der Waals surface area contributed by atoms with Crippen LogP contribution in [0.3, 0.4) is 0 Å². The van der Waals surface area contributed by atoms with Crippen molar-refractivity contribution in [2.45, 2.75) is 20.4 Å². The molecule has 1 N–H and O–H groups in total. The van der Waals surface area contributed by atoms with Crippen LogP contribution in [-0.4, -0.2) is 35.9 Å². The van der Waals surface area contributed by atoms with Crippen molar-refractivity contribution in [3.05, 3.63) is 48.0 Å². The number of benzene rings is 1. The molecule has 0 unspecified atom stereocenters. The molecule has 112 valence electrons. The third-order valence-corrected chi connectivity index (χ3v) is 3.24. The average Bonchev–Trinajstić information content (AvgIpc) is 3.18. The number of aromatic nitrogens is 6. The normalized spacial score (nSPS) is 10.6. The number of hydrogen-bond donors (Lipinski definition) is 1. The number of rotatable bonds is 4. The van der Waals surface area contributed by atoms with Crippen molar-refractivity contribution < 1.29 is 4.79 Å². The molecule has 0 aliphatic rings. The van der Waals surface area contributed by atoms with Crippen LogP contribution in [0.2, 0.25) is 0 Å². The van der Waals surface area contributed by atoms with E-state index >= 15 is 0 Å². The van der Waals surface area contributed by atoms with Gasteiger partial charge in [0.05, 0.1) is 17.1 Å². The highest BCUT2D eigenvalue weighted by Crippen LogP contribution is 2.15. The summed E-state index contributed by atoms with van der Waals surface area (Å²) in [5.74, 6) is -0.200. The molecule has 0 saturated heterocycles. The van der Waals surface area contributed by atoms with Gasteiger partial charge in [-0.05, 0) is 42.5 Å². The number of hydrogen-bond acceptors (Lipinski definition) is 5. The third-order valence-electron chi connectivity index (χ3n) is 3.24. The number of aryl methyl sites for hydroxylation is 2. The highest BCUT2D eigenvalue weighted by molar-refractivity contribution is 6.04. The van der Waals surface area contributed by atoms with E-state index in [-0.39, 0.29) is 5.91 Å². The standard InChI is InChI=1S/C14H15N7O/c1-3-20-8-13(10(2)17-20)16-14(22)11-5-4-6-12(7-11)21-9-15-18-19-21/h4-9H,3H2,1-2H3,(H,16,22). The van der Waals surface area contributed by atoms with Crippen LogP contribution in [0.25, 0.3) is 5.69 Å². The molecule has 8 nitrogen and oxygen atoms in total. The summed E-state index contributed by atoms with van der Waals surface area (Å²) in [6.07, 6.45) is 3.30. The molecule has 8 heteroatoms. The second kappa shape index (κ2) is 5.76. The summed E-state index contributed by atoms with van der Waals surface area (Å²) in [6.45, 7) is 4.61. The maximum absolute atomic E-state index is 12.4. The van der Waals surface area contributed by atoms with Gasteiger partial charge in [-0.15, -0.1) is 5.10 Å². The molecule has 1 amide bonds. The van der Waals surface area contributed by atoms with E-state index in [1.54, 1.807) is 22.9 Å². The lowest BCUT2D eigenvalue weighted by Crippen LogP contribution is -2.12. The Kier molecular flexibility index (Phi) is 3.65. The van der Waals surface area contributed by atoms with E-state index in [1.165, 1.54) is 11.0 Å². The van der Waals surface area contributed by atoms with Crippen molar-refractivity contribution in [3.63, 3.8) is 0 Å². The van der Waals surface area contributed by atoms with Crippen molar-refractivity contribution >= 4 is 11.6 Å². The highest BCUT2D eigenvalue weighted by atomic mass is 16.1. The van der Waals surface area contributed by atoms with Crippen LogP contribution in [-0.2, 0) is 6.54 Å². The second-order valence-corrected chi connectivity index (χ2v) is 4.74. The topological polar surface area (TPSA) is 90.5 Å². The molecule has 0 aliphatic carbocycles. The molecule has 0 bridgehead atoms. The summed E-state index contributed by atoms with van der Waals surface area (Å²) in [5, 5.41) is 18.2. The van der Waals surface area contributed by atoms with Crippen LogP contribution in [0, 0.1) is 6.92 Å². The minimum Gasteiger partial charge on any atom is -0.319 e. The van der Waals surface area contributed by atoms with E-state index in [1.807, 2.05) is 26.1 Å². The molecule has 22 heavy (non-hydrogen) atoms. The summed E-state index contributed by atoms with van der Waals surface area (Å²) < 4.78 is 3.28. The fourth-order valence-electron chi connectivity index (χ4n) is 2.07. The number of amides is 1. The zero-order valence-electron chi connectivity index (χ0n) is 12.3. The van der Waals surface area contributed by atoms with E-state index in [0.29, 0.717) is 11.3 Å². The van der Waals surface area contributed by atoms with Crippen molar-refractivity contribution in [3.8, 4) is 5.69 Å². The van der Waals surface area contributed by atoms with E-state index in [4.69, 9.17) is 0 Å². The number of carbonyl (C=O) groups is 1. The fraction of sp³-hybridized carbons (Fsp3) is 0.214. The predicted octanol–water partition coefficient (Wildman–Crippen LogP) is 1.44. The Morgan fingerprint density at radius 1 is 1.36 bits per heavy atom. The van der Waals surface area contributed by atoms with Crippen molar-refractivity contribution in [2.75, 3.05) is 5.32 Å². The maximum Gasteiger partial charge on any atom is 0.255 e. The van der Waals surface area contributed by atoms with Crippen LogP contribution in [0.4, 0.5) is 5.69 Å². The zero-order valence-corrected chi connectivity index (χ0v) is 12.3. The van der Waals surface area contributed by atoms with E-state index in [9.17, 15) is 4.79 Å². The van der Waals surface area contributed by atoms with Crippen LogP contribution < -0.4 is 5.32 Å². The van der Waals surface area contributed by atoms with Crippen LogP contribution in [0.1, 0.15) is 23.0 Å². The Hall–Kier alpha value is -3.03. The number of nitrogens with one attached hydrogen (secondary N) is 1. The van der Waals surface area contributed by atoms with Crippen LogP contribution >= 0.6 is 0 Å². The molecule has 3 aromatic rings. The summed E-state index contributed by atoms with van der Waals surface area (Å²) in [7, 11) is 0. The Balaban J connectivity index is 1.83. The summed E-state index contributed by atoms with van der Waals surface area (Å²) >= 11 is 0. The fourth-order valence-corrected chi connectivity index (χ4v) is 2.07. The van der Waals surface area contributed by atoms with Gasteiger partial charge in [0, 0.05) is 18.3 Å². The van der Waals surface area contributed by atoms with E-state index < -0.39 is 0 Å². The number of nitrogens with zero attached hydrogens (tertiary/aromatic N) is 6. The molecule has 2 heterocycles. The zero-order chi connectivity index (χ0) is 15.5. The second-order valence-electron chi connectivity index (χ2n) is 4.74. The molecule has 0 spiro atoms. The first kappa shape index (κ1) is 13.9. The Bertz CT molecular complexity index is 791. The van der Waals surface area contributed by atoms with Gasteiger partial charge in [0.2, 0.25) is 0 Å². The summed E-state index contributed by atoms with van der Waals surface area (Å²) in [5.41, 5.74) is 2.74. The first-order valence-corrected chi connectivity index (χ1v) is 6.86. The molecule has 2 aromatic heterocycles. The van der Waals surface area contributed by atoms with Gasteiger partial charge >= 0.3 is 0 Å². The minimum absolute atomic E-state index is 0.200.